The van der Waals surface area contributed by atoms with Gasteiger partial charge in [-0.3, -0.25) is 4.79 Å². The molecule has 0 saturated heterocycles. The molecular weight excluding hydrogens is 286 g/mol. The predicted octanol–water partition coefficient (Wildman–Crippen LogP) is 3.79. The van der Waals surface area contributed by atoms with Gasteiger partial charge in [-0.15, -0.1) is 0 Å². The van der Waals surface area contributed by atoms with E-state index in [9.17, 15) is 4.79 Å². The molecule has 1 aliphatic rings. The summed E-state index contributed by atoms with van der Waals surface area (Å²) in [6.45, 7) is 10.2. The molecule has 1 fully saturated rings. The molecule has 5 heteroatoms. The number of anilines is 1. The SMILES string of the molecule is CC(CNc1c(Cl)cnn(CC2CCC2)c1=O)C(C)(C)C. The highest BCUT2D eigenvalue weighted by atomic mass is 35.5. The van der Waals surface area contributed by atoms with E-state index < -0.39 is 0 Å². The average Bonchev–Trinajstić information content (AvgIpc) is 2.34. The van der Waals surface area contributed by atoms with Crippen LogP contribution >= 0.6 is 11.6 Å². The number of hydrogen-bond acceptors (Lipinski definition) is 3. The largest absolute Gasteiger partial charge is 0.379 e. The maximum Gasteiger partial charge on any atom is 0.291 e. The molecule has 1 atom stereocenters. The first-order valence-corrected chi connectivity index (χ1v) is 8.16. The molecule has 1 N–H and O–H groups in total. The van der Waals surface area contributed by atoms with E-state index in [0.29, 0.717) is 29.1 Å². The molecule has 1 unspecified atom stereocenters. The minimum Gasteiger partial charge on any atom is -0.379 e. The normalized spacial score (nSPS) is 17.4. The van der Waals surface area contributed by atoms with E-state index >= 15 is 0 Å². The van der Waals surface area contributed by atoms with Crippen LogP contribution in [0.1, 0.15) is 47.0 Å². The van der Waals surface area contributed by atoms with Gasteiger partial charge >= 0.3 is 0 Å². The van der Waals surface area contributed by atoms with E-state index in [0.717, 1.165) is 6.54 Å². The second-order valence-corrected chi connectivity index (χ2v) is 7.71. The fourth-order valence-corrected chi connectivity index (χ4v) is 2.43. The molecule has 4 nitrogen and oxygen atoms in total. The molecule has 1 aromatic rings. The number of rotatable bonds is 5. The lowest BCUT2D eigenvalue weighted by molar-refractivity contribution is 0.261. The van der Waals surface area contributed by atoms with Crippen LogP contribution in [-0.2, 0) is 6.54 Å². The first-order valence-electron chi connectivity index (χ1n) is 7.78. The summed E-state index contributed by atoms with van der Waals surface area (Å²) in [6.07, 6.45) is 5.23. The van der Waals surface area contributed by atoms with Crippen molar-refractivity contribution in [1.82, 2.24) is 9.78 Å². The molecule has 0 spiro atoms. The van der Waals surface area contributed by atoms with Crippen LogP contribution in [0.5, 0.6) is 0 Å². The van der Waals surface area contributed by atoms with Gasteiger partial charge in [-0.25, -0.2) is 4.68 Å². The summed E-state index contributed by atoms with van der Waals surface area (Å²) in [5.74, 6) is 1.03. The third kappa shape index (κ3) is 4.00. The molecule has 2 rings (SSSR count). The molecule has 1 aliphatic carbocycles. The van der Waals surface area contributed by atoms with Crippen molar-refractivity contribution in [3.63, 3.8) is 0 Å². The van der Waals surface area contributed by atoms with Crippen LogP contribution < -0.4 is 10.9 Å². The number of hydrogen-bond donors (Lipinski definition) is 1. The number of aromatic nitrogens is 2. The lowest BCUT2D eigenvalue weighted by Gasteiger charge is -2.28. The molecular formula is C16H26ClN3O. The van der Waals surface area contributed by atoms with Crippen molar-refractivity contribution in [1.29, 1.82) is 0 Å². The molecule has 0 bridgehead atoms. The molecule has 1 aromatic heterocycles. The van der Waals surface area contributed by atoms with Gasteiger partial charge in [0, 0.05) is 13.1 Å². The van der Waals surface area contributed by atoms with Gasteiger partial charge in [0.05, 0.1) is 11.2 Å². The highest BCUT2D eigenvalue weighted by Crippen LogP contribution is 2.28. The summed E-state index contributed by atoms with van der Waals surface area (Å²) >= 11 is 6.15. The summed E-state index contributed by atoms with van der Waals surface area (Å²) in [7, 11) is 0. The Morgan fingerprint density at radius 3 is 2.67 bits per heavy atom. The quantitative estimate of drug-likeness (QED) is 0.900. The van der Waals surface area contributed by atoms with Gasteiger partial charge in [-0.1, -0.05) is 45.7 Å². The van der Waals surface area contributed by atoms with Crippen LogP contribution in [0.2, 0.25) is 5.02 Å². The lowest BCUT2D eigenvalue weighted by atomic mass is 9.82. The van der Waals surface area contributed by atoms with E-state index in [1.54, 1.807) is 10.9 Å². The summed E-state index contributed by atoms with van der Waals surface area (Å²) in [4.78, 5) is 12.5. The molecule has 0 aromatic carbocycles. The van der Waals surface area contributed by atoms with Crippen molar-refractivity contribution < 1.29 is 0 Å². The van der Waals surface area contributed by atoms with Gasteiger partial charge in [0.25, 0.3) is 5.56 Å². The Bertz CT molecular complexity index is 543. The van der Waals surface area contributed by atoms with Gasteiger partial charge in [0.1, 0.15) is 5.69 Å². The maximum atomic E-state index is 12.5. The minimum atomic E-state index is -0.101. The van der Waals surface area contributed by atoms with Crippen molar-refractivity contribution in [2.75, 3.05) is 11.9 Å². The number of nitrogens with zero attached hydrogens (tertiary/aromatic N) is 2. The first-order chi connectivity index (χ1) is 9.79. The molecule has 1 saturated carbocycles. The molecule has 1 heterocycles. The summed E-state index contributed by atoms with van der Waals surface area (Å²) in [5.41, 5.74) is 0.579. The Morgan fingerprint density at radius 1 is 1.48 bits per heavy atom. The summed E-state index contributed by atoms with van der Waals surface area (Å²) in [6, 6.07) is 0. The third-order valence-corrected chi connectivity index (χ3v) is 5.00. The number of nitrogens with one attached hydrogen (secondary N) is 1. The Labute approximate surface area is 131 Å². The van der Waals surface area contributed by atoms with Crippen LogP contribution in [0, 0.1) is 17.3 Å². The van der Waals surface area contributed by atoms with E-state index in [2.05, 4.69) is 38.1 Å². The van der Waals surface area contributed by atoms with Gasteiger partial charge in [-0.05, 0) is 30.1 Å². The molecule has 0 radical (unpaired) electrons. The zero-order valence-electron chi connectivity index (χ0n) is 13.4. The Hall–Kier alpha value is -1.03. The third-order valence-electron chi connectivity index (χ3n) is 4.72. The van der Waals surface area contributed by atoms with E-state index in [-0.39, 0.29) is 11.0 Å². The predicted molar refractivity (Wildman–Crippen MR) is 88.0 cm³/mol. The molecule has 118 valence electrons. The van der Waals surface area contributed by atoms with Gasteiger partial charge < -0.3 is 5.32 Å². The van der Waals surface area contributed by atoms with Gasteiger partial charge in [-0.2, -0.15) is 5.10 Å². The van der Waals surface area contributed by atoms with E-state index in [1.807, 2.05) is 0 Å². The average molecular weight is 312 g/mol. The zero-order valence-corrected chi connectivity index (χ0v) is 14.2. The van der Waals surface area contributed by atoms with Crippen LogP contribution in [0.15, 0.2) is 11.0 Å². The fourth-order valence-electron chi connectivity index (χ4n) is 2.24. The Morgan fingerprint density at radius 2 is 2.14 bits per heavy atom. The van der Waals surface area contributed by atoms with Crippen LogP contribution in [0.25, 0.3) is 0 Å². The summed E-state index contributed by atoms with van der Waals surface area (Å²) < 4.78 is 1.56. The van der Waals surface area contributed by atoms with Gasteiger partial charge in [0.15, 0.2) is 0 Å². The topological polar surface area (TPSA) is 46.9 Å². The first kappa shape index (κ1) is 16.3. The fraction of sp³-hybridized carbons (Fsp3) is 0.750. The van der Waals surface area contributed by atoms with Gasteiger partial charge in [0.2, 0.25) is 0 Å². The molecule has 21 heavy (non-hydrogen) atoms. The second-order valence-electron chi connectivity index (χ2n) is 7.30. The standard InChI is InChI=1S/C16H26ClN3O/c1-11(16(2,3)4)8-18-14-13(17)9-19-20(15(14)21)10-12-6-5-7-12/h9,11-12,18H,5-8,10H2,1-4H3. The minimum absolute atomic E-state index is 0.101. The Balaban J connectivity index is 2.10. The highest BCUT2D eigenvalue weighted by molar-refractivity contribution is 6.32. The second kappa shape index (κ2) is 6.39. The molecule has 0 amide bonds. The van der Waals surface area contributed by atoms with Crippen molar-refractivity contribution in [2.45, 2.75) is 53.5 Å². The highest BCUT2D eigenvalue weighted by Gasteiger charge is 2.22. The van der Waals surface area contributed by atoms with E-state index in [1.165, 1.54) is 19.3 Å². The van der Waals surface area contributed by atoms with Crippen LogP contribution in [0.4, 0.5) is 5.69 Å². The monoisotopic (exact) mass is 311 g/mol. The van der Waals surface area contributed by atoms with Crippen molar-refractivity contribution in [2.24, 2.45) is 17.3 Å². The van der Waals surface area contributed by atoms with E-state index in [4.69, 9.17) is 11.6 Å². The zero-order chi connectivity index (χ0) is 15.6. The maximum absolute atomic E-state index is 12.5. The van der Waals surface area contributed by atoms with Crippen molar-refractivity contribution in [3.05, 3.63) is 21.6 Å². The van der Waals surface area contributed by atoms with Crippen LogP contribution in [0.3, 0.4) is 0 Å². The number of halogens is 1. The molecule has 0 aliphatic heterocycles. The van der Waals surface area contributed by atoms with Crippen LogP contribution in [-0.4, -0.2) is 16.3 Å². The van der Waals surface area contributed by atoms with Crippen molar-refractivity contribution in [3.8, 4) is 0 Å². The van der Waals surface area contributed by atoms with Crippen molar-refractivity contribution >= 4 is 17.3 Å². The smallest absolute Gasteiger partial charge is 0.291 e. The Kier molecular flexibility index (Phi) is 4.97. The summed E-state index contributed by atoms with van der Waals surface area (Å²) in [5, 5.41) is 7.81. The lowest BCUT2D eigenvalue weighted by Crippen LogP contribution is -2.32.